The molecule has 0 spiro atoms. The number of benzene rings is 5. The van der Waals surface area contributed by atoms with Gasteiger partial charge in [-0.2, -0.15) is 0 Å². The highest BCUT2D eigenvalue weighted by Gasteiger charge is 2.46. The van der Waals surface area contributed by atoms with Crippen LogP contribution in [-0.4, -0.2) is 0 Å². The molecule has 0 amide bonds. The summed E-state index contributed by atoms with van der Waals surface area (Å²) in [5.41, 5.74) is 12.5. The number of halogens is 1. The molecule has 0 atom stereocenters. The van der Waals surface area contributed by atoms with Crippen molar-refractivity contribution >= 4 is 15.9 Å². The maximum atomic E-state index is 3.78. The minimum Gasteiger partial charge on any atom is -0.0622 e. The van der Waals surface area contributed by atoms with Crippen molar-refractivity contribution in [2.75, 3.05) is 0 Å². The Morgan fingerprint density at radius 3 is 1.62 bits per heavy atom. The van der Waals surface area contributed by atoms with E-state index in [9.17, 15) is 0 Å². The number of hydrogen-bond acceptors (Lipinski definition) is 0. The van der Waals surface area contributed by atoms with Crippen LogP contribution in [0.25, 0.3) is 22.3 Å². The fourth-order valence-electron chi connectivity index (χ4n) is 5.50. The molecule has 0 unspecified atom stereocenters. The van der Waals surface area contributed by atoms with Crippen LogP contribution in [0.1, 0.15) is 33.4 Å². The number of hydrogen-bond donors (Lipinski definition) is 0. The molecule has 34 heavy (non-hydrogen) atoms. The van der Waals surface area contributed by atoms with E-state index in [4.69, 9.17) is 0 Å². The van der Waals surface area contributed by atoms with Gasteiger partial charge in [-0.1, -0.05) is 124 Å². The minimum absolute atomic E-state index is 0.388. The third-order valence-electron chi connectivity index (χ3n) is 7.18. The van der Waals surface area contributed by atoms with E-state index in [1.165, 1.54) is 55.6 Å². The molecule has 5 aromatic rings. The lowest BCUT2D eigenvalue weighted by Crippen LogP contribution is -2.28. The second kappa shape index (κ2) is 8.11. The van der Waals surface area contributed by atoms with Crippen LogP contribution < -0.4 is 0 Å². The van der Waals surface area contributed by atoms with Gasteiger partial charge in [-0.25, -0.2) is 0 Å². The second-order valence-corrected chi connectivity index (χ2v) is 10.2. The Bertz CT molecular complexity index is 1450. The summed E-state index contributed by atoms with van der Waals surface area (Å²) in [4.78, 5) is 0. The summed E-state index contributed by atoms with van der Waals surface area (Å²) in [5, 5.41) is 0. The Labute approximate surface area is 210 Å². The van der Waals surface area contributed by atoms with Gasteiger partial charge in [0.15, 0.2) is 0 Å². The van der Waals surface area contributed by atoms with E-state index in [0.29, 0.717) is 0 Å². The van der Waals surface area contributed by atoms with Gasteiger partial charge in [0.05, 0.1) is 5.41 Å². The molecule has 0 nitrogen and oxygen atoms in total. The van der Waals surface area contributed by atoms with Gasteiger partial charge in [-0.3, -0.25) is 0 Å². The van der Waals surface area contributed by atoms with E-state index in [1.807, 2.05) is 0 Å². The van der Waals surface area contributed by atoms with Gasteiger partial charge in [-0.15, -0.1) is 0 Å². The maximum absolute atomic E-state index is 3.78. The van der Waals surface area contributed by atoms with Gasteiger partial charge in [0.25, 0.3) is 0 Å². The SMILES string of the molecule is Cc1ccc(C2(c3ccc(C)cc3)c3cc(Br)ccc3-c3ccc(-c4ccccc4)cc32)cc1. The summed E-state index contributed by atoms with van der Waals surface area (Å²) in [7, 11) is 0. The predicted molar refractivity (Wildman–Crippen MR) is 146 cm³/mol. The van der Waals surface area contributed by atoms with Crippen molar-refractivity contribution in [2.24, 2.45) is 0 Å². The van der Waals surface area contributed by atoms with Crippen molar-refractivity contribution < 1.29 is 0 Å². The van der Waals surface area contributed by atoms with Crippen LogP contribution in [0, 0.1) is 13.8 Å². The van der Waals surface area contributed by atoms with Crippen molar-refractivity contribution in [1.29, 1.82) is 0 Å². The topological polar surface area (TPSA) is 0 Å². The predicted octanol–water partition coefficient (Wildman–Crippen LogP) is 9.10. The molecule has 0 saturated carbocycles. The Morgan fingerprint density at radius 2 is 1.03 bits per heavy atom. The van der Waals surface area contributed by atoms with E-state index in [-0.39, 0.29) is 5.41 Å². The van der Waals surface area contributed by atoms with Crippen molar-refractivity contribution in [3.8, 4) is 22.3 Å². The zero-order valence-electron chi connectivity index (χ0n) is 19.3. The van der Waals surface area contributed by atoms with Crippen LogP contribution in [0.5, 0.6) is 0 Å². The molecule has 0 saturated heterocycles. The molecule has 0 N–H and O–H groups in total. The minimum atomic E-state index is -0.388. The molecule has 0 heterocycles. The van der Waals surface area contributed by atoms with E-state index < -0.39 is 0 Å². The average Bonchev–Trinajstić information content (AvgIpc) is 3.15. The molecule has 0 fully saturated rings. The lowest BCUT2D eigenvalue weighted by Gasteiger charge is -2.34. The molecular weight excluding hydrogens is 476 g/mol. The zero-order chi connectivity index (χ0) is 23.3. The summed E-state index contributed by atoms with van der Waals surface area (Å²) in [6.45, 7) is 4.31. The van der Waals surface area contributed by atoms with Crippen molar-refractivity contribution in [3.63, 3.8) is 0 Å². The number of aryl methyl sites for hydroxylation is 2. The average molecular weight is 501 g/mol. The van der Waals surface area contributed by atoms with Crippen molar-refractivity contribution in [3.05, 3.63) is 153 Å². The highest BCUT2D eigenvalue weighted by molar-refractivity contribution is 9.10. The molecule has 1 heteroatoms. The standard InChI is InChI=1S/C33H25Br/c1-22-8-13-26(14-9-22)33(27-15-10-23(2)11-16-27)31-20-25(24-6-4-3-5-7-24)12-18-29(31)30-19-17-28(34)21-32(30)33/h3-21H,1-2H3. The molecule has 164 valence electrons. The van der Waals surface area contributed by atoms with Crippen LogP contribution in [0.3, 0.4) is 0 Å². The molecule has 6 rings (SSSR count). The lowest BCUT2D eigenvalue weighted by molar-refractivity contribution is 0.767. The third-order valence-corrected chi connectivity index (χ3v) is 7.67. The molecule has 0 bridgehead atoms. The molecule has 0 aromatic heterocycles. The lowest BCUT2D eigenvalue weighted by atomic mass is 9.67. The summed E-state index contributed by atoms with van der Waals surface area (Å²) < 4.78 is 1.10. The van der Waals surface area contributed by atoms with Crippen LogP contribution in [-0.2, 0) is 5.41 Å². The first-order valence-electron chi connectivity index (χ1n) is 11.7. The number of fused-ring (bicyclic) bond motifs is 3. The quantitative estimate of drug-likeness (QED) is 0.227. The van der Waals surface area contributed by atoms with Crippen LogP contribution in [0.15, 0.2) is 120 Å². The van der Waals surface area contributed by atoms with E-state index in [0.717, 1.165) is 4.47 Å². The largest absolute Gasteiger partial charge is 0.0714 e. The van der Waals surface area contributed by atoms with Crippen molar-refractivity contribution in [1.82, 2.24) is 0 Å². The van der Waals surface area contributed by atoms with Crippen LogP contribution >= 0.6 is 15.9 Å². The van der Waals surface area contributed by atoms with Crippen LogP contribution in [0.2, 0.25) is 0 Å². The van der Waals surface area contributed by atoms with Gasteiger partial charge in [0.1, 0.15) is 0 Å². The summed E-state index contributed by atoms with van der Waals surface area (Å²) in [5.74, 6) is 0. The Balaban J connectivity index is 1.75. The molecule has 0 radical (unpaired) electrons. The first-order valence-corrected chi connectivity index (χ1v) is 12.5. The highest BCUT2D eigenvalue weighted by Crippen LogP contribution is 2.57. The van der Waals surface area contributed by atoms with Crippen LogP contribution in [0.4, 0.5) is 0 Å². The van der Waals surface area contributed by atoms with Gasteiger partial charge in [0.2, 0.25) is 0 Å². The van der Waals surface area contributed by atoms with E-state index in [2.05, 4.69) is 145 Å². The number of rotatable bonds is 3. The Morgan fingerprint density at radius 1 is 0.500 bits per heavy atom. The highest BCUT2D eigenvalue weighted by atomic mass is 79.9. The fourth-order valence-corrected chi connectivity index (χ4v) is 5.86. The third kappa shape index (κ3) is 3.19. The second-order valence-electron chi connectivity index (χ2n) is 9.30. The van der Waals surface area contributed by atoms with E-state index >= 15 is 0 Å². The Hall–Kier alpha value is -3.42. The first-order chi connectivity index (χ1) is 16.6. The smallest absolute Gasteiger partial charge is 0.0622 e. The van der Waals surface area contributed by atoms with Gasteiger partial charge in [-0.05, 0) is 76.6 Å². The summed E-state index contributed by atoms with van der Waals surface area (Å²) in [6, 6.07) is 42.6. The van der Waals surface area contributed by atoms with Gasteiger partial charge < -0.3 is 0 Å². The van der Waals surface area contributed by atoms with E-state index in [1.54, 1.807) is 0 Å². The monoisotopic (exact) mass is 500 g/mol. The molecular formula is C33H25Br. The van der Waals surface area contributed by atoms with Crippen molar-refractivity contribution in [2.45, 2.75) is 19.3 Å². The Kier molecular flexibility index (Phi) is 5.04. The first kappa shape index (κ1) is 21.1. The molecule has 1 aliphatic rings. The van der Waals surface area contributed by atoms with Gasteiger partial charge >= 0.3 is 0 Å². The summed E-state index contributed by atoms with van der Waals surface area (Å²) >= 11 is 3.78. The normalized spacial score (nSPS) is 13.4. The maximum Gasteiger partial charge on any atom is 0.0714 e. The fraction of sp³-hybridized carbons (Fsp3) is 0.0909. The van der Waals surface area contributed by atoms with Gasteiger partial charge in [0, 0.05) is 4.47 Å². The molecule has 0 aliphatic heterocycles. The zero-order valence-corrected chi connectivity index (χ0v) is 20.9. The summed E-state index contributed by atoms with van der Waals surface area (Å²) in [6.07, 6.45) is 0. The molecule has 1 aliphatic carbocycles. The molecule has 5 aromatic carbocycles.